The average molecular weight is 369 g/mol. The summed E-state index contributed by atoms with van der Waals surface area (Å²) in [5, 5.41) is 12.3. The molecule has 1 N–H and O–H groups in total. The lowest BCUT2D eigenvalue weighted by Gasteiger charge is -2.20. The number of esters is 1. The molecule has 7 nitrogen and oxygen atoms in total. The number of carbonyl (C=O) groups excluding carboxylic acids is 2. The quantitative estimate of drug-likeness (QED) is 0.745. The van der Waals surface area contributed by atoms with Gasteiger partial charge in [0.1, 0.15) is 5.01 Å². The molecule has 0 bridgehead atoms. The molecule has 0 spiro atoms. The molecule has 2 rings (SSSR count). The molecule has 0 aliphatic carbocycles. The second-order valence-corrected chi connectivity index (χ2v) is 7.50. The number of aromatic nitrogens is 2. The molecule has 0 saturated carbocycles. The third kappa shape index (κ3) is 6.61. The summed E-state index contributed by atoms with van der Waals surface area (Å²) in [6, 6.07) is -0.0885. The molecule has 1 fully saturated rings. The van der Waals surface area contributed by atoms with Gasteiger partial charge in [-0.3, -0.25) is 10.1 Å². The number of amides is 2. The van der Waals surface area contributed by atoms with Crippen LogP contribution in [0.3, 0.4) is 0 Å². The molecule has 2 heterocycles. The van der Waals surface area contributed by atoms with Gasteiger partial charge in [0.05, 0.1) is 7.11 Å². The first-order valence-corrected chi connectivity index (χ1v) is 9.89. The lowest BCUT2D eigenvalue weighted by molar-refractivity contribution is -0.140. The molecule has 25 heavy (non-hydrogen) atoms. The molecule has 1 aromatic rings. The van der Waals surface area contributed by atoms with E-state index in [-0.39, 0.29) is 12.0 Å². The minimum absolute atomic E-state index is 0.0885. The Morgan fingerprint density at radius 2 is 2.16 bits per heavy atom. The molecule has 1 atom stereocenters. The van der Waals surface area contributed by atoms with Gasteiger partial charge in [-0.25, -0.2) is 4.79 Å². The van der Waals surface area contributed by atoms with E-state index in [9.17, 15) is 9.59 Å². The van der Waals surface area contributed by atoms with Gasteiger partial charge >= 0.3 is 12.0 Å². The van der Waals surface area contributed by atoms with Crippen molar-refractivity contribution in [1.29, 1.82) is 0 Å². The van der Waals surface area contributed by atoms with Gasteiger partial charge in [0, 0.05) is 25.9 Å². The third-order valence-electron chi connectivity index (χ3n) is 4.51. The summed E-state index contributed by atoms with van der Waals surface area (Å²) in [4.78, 5) is 25.4. The highest BCUT2D eigenvalue weighted by molar-refractivity contribution is 7.15. The van der Waals surface area contributed by atoms with Crippen molar-refractivity contribution in [2.75, 3.05) is 25.5 Å². The van der Waals surface area contributed by atoms with Gasteiger partial charge in [0.2, 0.25) is 5.13 Å². The molecule has 1 unspecified atom stereocenters. The van der Waals surface area contributed by atoms with Crippen LogP contribution in [-0.2, 0) is 16.0 Å². The van der Waals surface area contributed by atoms with E-state index in [0.29, 0.717) is 24.4 Å². The third-order valence-corrected chi connectivity index (χ3v) is 5.41. The number of likely N-dealkylation sites (tertiary alicyclic amines) is 1. The van der Waals surface area contributed by atoms with Crippen molar-refractivity contribution in [1.82, 2.24) is 15.1 Å². The fraction of sp³-hybridized carbons (Fsp3) is 0.765. The number of ether oxygens (including phenoxy) is 1. The zero-order valence-corrected chi connectivity index (χ0v) is 15.9. The Labute approximate surface area is 153 Å². The molecule has 140 valence electrons. The van der Waals surface area contributed by atoms with Crippen LogP contribution >= 0.6 is 11.3 Å². The van der Waals surface area contributed by atoms with Gasteiger partial charge in [-0.15, -0.1) is 10.2 Å². The van der Waals surface area contributed by atoms with Crippen molar-refractivity contribution < 1.29 is 14.3 Å². The van der Waals surface area contributed by atoms with Crippen molar-refractivity contribution in [2.24, 2.45) is 5.92 Å². The number of urea groups is 1. The lowest BCUT2D eigenvalue weighted by Crippen LogP contribution is -2.35. The minimum atomic E-state index is -0.222. The van der Waals surface area contributed by atoms with E-state index >= 15 is 0 Å². The van der Waals surface area contributed by atoms with E-state index in [1.165, 1.54) is 37.7 Å². The number of anilines is 1. The van der Waals surface area contributed by atoms with E-state index in [0.717, 1.165) is 36.9 Å². The van der Waals surface area contributed by atoms with E-state index in [1.807, 2.05) is 4.90 Å². The molecule has 2 amide bonds. The van der Waals surface area contributed by atoms with Crippen LogP contribution in [-0.4, -0.2) is 47.3 Å². The zero-order chi connectivity index (χ0) is 18.1. The Morgan fingerprint density at radius 1 is 1.32 bits per heavy atom. The number of carbonyl (C=O) groups is 2. The average Bonchev–Trinajstić information content (AvgIpc) is 2.90. The SMILES string of the molecule is CCCC1CCCN(C(=O)Nc2nnc(CCCC(=O)OC)s2)CC1. The molecular weight excluding hydrogens is 340 g/mol. The highest BCUT2D eigenvalue weighted by atomic mass is 32.1. The van der Waals surface area contributed by atoms with Crippen LogP contribution in [0.1, 0.15) is 56.9 Å². The second-order valence-electron chi connectivity index (χ2n) is 6.43. The molecule has 8 heteroatoms. The smallest absolute Gasteiger partial charge is 0.323 e. The summed E-state index contributed by atoms with van der Waals surface area (Å²) in [7, 11) is 1.38. The molecule has 1 aliphatic heterocycles. The van der Waals surface area contributed by atoms with Gasteiger partial charge < -0.3 is 9.64 Å². The Morgan fingerprint density at radius 3 is 2.92 bits per heavy atom. The van der Waals surface area contributed by atoms with Crippen molar-refractivity contribution in [3.8, 4) is 0 Å². The monoisotopic (exact) mass is 368 g/mol. The van der Waals surface area contributed by atoms with Gasteiger partial charge in [-0.1, -0.05) is 31.1 Å². The van der Waals surface area contributed by atoms with Crippen molar-refractivity contribution in [3.63, 3.8) is 0 Å². The largest absolute Gasteiger partial charge is 0.469 e. The van der Waals surface area contributed by atoms with Crippen LogP contribution in [0.15, 0.2) is 0 Å². The summed E-state index contributed by atoms with van der Waals surface area (Å²) in [5.41, 5.74) is 0. The number of rotatable bonds is 7. The predicted octanol–water partition coefficient (Wildman–Crippen LogP) is 3.47. The van der Waals surface area contributed by atoms with Gasteiger partial charge in [-0.05, 0) is 31.6 Å². The number of nitrogens with zero attached hydrogens (tertiary/aromatic N) is 3. The standard InChI is InChI=1S/C17H28N4O3S/c1-3-6-13-7-5-11-21(12-10-13)17(23)18-16-20-19-14(25-16)8-4-9-15(22)24-2/h13H,3-12H2,1-2H3,(H,18,20,23). The minimum Gasteiger partial charge on any atom is -0.469 e. The Balaban J connectivity index is 1.77. The Kier molecular flexibility index (Phi) is 8.11. The van der Waals surface area contributed by atoms with Crippen LogP contribution < -0.4 is 5.32 Å². The molecule has 1 aliphatic rings. The summed E-state index contributed by atoms with van der Waals surface area (Å²) in [5.74, 6) is 0.520. The maximum absolute atomic E-state index is 12.4. The highest BCUT2D eigenvalue weighted by Gasteiger charge is 2.21. The number of nitrogens with one attached hydrogen (secondary N) is 1. The number of hydrogen-bond donors (Lipinski definition) is 1. The zero-order valence-electron chi connectivity index (χ0n) is 15.1. The highest BCUT2D eigenvalue weighted by Crippen LogP contribution is 2.23. The summed E-state index contributed by atoms with van der Waals surface area (Å²) in [6.07, 6.45) is 7.50. The maximum atomic E-state index is 12.4. The Bertz CT molecular complexity index is 564. The number of hydrogen-bond acceptors (Lipinski definition) is 6. The topological polar surface area (TPSA) is 84.4 Å². The predicted molar refractivity (Wildman–Crippen MR) is 97.7 cm³/mol. The van der Waals surface area contributed by atoms with E-state index < -0.39 is 0 Å². The fourth-order valence-corrected chi connectivity index (χ4v) is 3.90. The summed E-state index contributed by atoms with van der Waals surface area (Å²) >= 11 is 1.37. The first-order valence-electron chi connectivity index (χ1n) is 9.07. The van der Waals surface area contributed by atoms with Crippen LogP contribution in [0.4, 0.5) is 9.93 Å². The first-order chi connectivity index (χ1) is 12.1. The number of methoxy groups -OCH3 is 1. The second kappa shape index (κ2) is 10.3. The molecular formula is C17H28N4O3S. The van der Waals surface area contributed by atoms with Gasteiger partial charge in [0.15, 0.2) is 0 Å². The lowest BCUT2D eigenvalue weighted by atomic mass is 9.96. The fourth-order valence-electron chi connectivity index (χ4n) is 3.13. The maximum Gasteiger partial charge on any atom is 0.323 e. The molecule has 1 saturated heterocycles. The van der Waals surface area contributed by atoms with Gasteiger partial charge in [-0.2, -0.15) is 0 Å². The van der Waals surface area contributed by atoms with Crippen molar-refractivity contribution in [2.45, 2.75) is 58.3 Å². The van der Waals surface area contributed by atoms with Crippen LogP contribution in [0.2, 0.25) is 0 Å². The molecule has 0 aromatic carbocycles. The Hall–Kier alpha value is -1.70. The summed E-state index contributed by atoms with van der Waals surface area (Å²) < 4.78 is 4.61. The first kappa shape index (κ1) is 19.6. The van der Waals surface area contributed by atoms with Crippen LogP contribution in [0.5, 0.6) is 0 Å². The van der Waals surface area contributed by atoms with Crippen LogP contribution in [0.25, 0.3) is 0 Å². The normalized spacial score (nSPS) is 17.8. The summed E-state index contributed by atoms with van der Waals surface area (Å²) in [6.45, 7) is 3.83. The van der Waals surface area contributed by atoms with Crippen molar-refractivity contribution >= 4 is 28.5 Å². The molecule has 0 radical (unpaired) electrons. The van der Waals surface area contributed by atoms with Crippen molar-refractivity contribution in [3.05, 3.63) is 5.01 Å². The van der Waals surface area contributed by atoms with Crippen LogP contribution in [0, 0.1) is 5.92 Å². The van der Waals surface area contributed by atoms with E-state index in [4.69, 9.17) is 0 Å². The van der Waals surface area contributed by atoms with Gasteiger partial charge in [0.25, 0.3) is 0 Å². The molecule has 1 aromatic heterocycles. The van der Waals surface area contributed by atoms with E-state index in [2.05, 4.69) is 27.2 Å². The van der Waals surface area contributed by atoms with E-state index in [1.54, 1.807) is 0 Å². The number of aryl methyl sites for hydroxylation is 1.